The number of aromatic nitrogens is 5. The summed E-state index contributed by atoms with van der Waals surface area (Å²) in [5.74, 6) is 1.87. The Morgan fingerprint density at radius 2 is 0.693 bits per heavy atom. The minimum Gasteiger partial charge on any atom is -0.354 e. The molecule has 4 aliphatic rings. The van der Waals surface area contributed by atoms with E-state index >= 15 is 0 Å². The highest BCUT2D eigenvalue weighted by Gasteiger charge is 2.54. The summed E-state index contributed by atoms with van der Waals surface area (Å²) in [5, 5.41) is 4.81. The summed E-state index contributed by atoms with van der Waals surface area (Å²) >= 11 is 0. The van der Waals surface area contributed by atoms with Crippen LogP contribution >= 0.6 is 0 Å². The first-order valence-electron chi connectivity index (χ1n) is 30.4. The molecular weight excluding hydrogens is 1070 g/mol. The number of rotatable bonds is 5. The molecule has 88 heavy (non-hydrogen) atoms. The van der Waals surface area contributed by atoms with Crippen LogP contribution < -0.4 is 0 Å². The lowest BCUT2D eigenvalue weighted by atomic mass is 9.70. The molecule has 16 aromatic rings. The van der Waals surface area contributed by atoms with Crippen molar-refractivity contribution in [3.8, 4) is 95.5 Å². The predicted molar refractivity (Wildman–Crippen MR) is 358 cm³/mol. The molecule has 5 heteroatoms. The molecule has 2 spiro atoms. The van der Waals surface area contributed by atoms with Crippen LogP contribution in [0.1, 0.15) is 44.5 Å². The lowest BCUT2D eigenvalue weighted by Crippen LogP contribution is -2.25. The van der Waals surface area contributed by atoms with Crippen LogP contribution in [0, 0.1) is 0 Å². The molecule has 0 amide bonds. The standard InChI is InChI=1S/C83H49N5/c1-3-20-49(21-4-1)79-85-80(50-22-5-2-6-23-50)87-81(86-79)53-24-19-25-54(46-53)88-74-45-39-52(48-64(74)60-41-43-72-76(78(60)88)62-31-12-18-37-70(62)83(72)67-34-15-9-28-57(67)58-29-10-16-35-68(58)83)51-38-44-73-63(47-51)59-40-42-71-75(77(59)84-73)61-30-11-17-36-69(61)82(71)65-32-13-7-26-55(65)56-27-8-14-33-66(56)82/h1-48,84H. The highest BCUT2D eigenvalue weighted by Crippen LogP contribution is 2.66. The van der Waals surface area contributed by atoms with Crippen LogP contribution in [0.25, 0.3) is 139 Å². The molecule has 0 bridgehead atoms. The molecule has 3 aromatic heterocycles. The minimum atomic E-state index is -0.516. The van der Waals surface area contributed by atoms with Crippen molar-refractivity contribution >= 4 is 43.6 Å². The van der Waals surface area contributed by atoms with Gasteiger partial charge < -0.3 is 9.55 Å². The molecule has 0 saturated heterocycles. The van der Waals surface area contributed by atoms with Crippen LogP contribution in [-0.4, -0.2) is 24.5 Å². The van der Waals surface area contributed by atoms with Gasteiger partial charge in [-0.3, -0.25) is 0 Å². The van der Waals surface area contributed by atoms with Crippen molar-refractivity contribution in [2.24, 2.45) is 0 Å². The number of H-pyrrole nitrogens is 1. The lowest BCUT2D eigenvalue weighted by molar-refractivity contribution is 0.794. The first-order valence-corrected chi connectivity index (χ1v) is 30.4. The van der Waals surface area contributed by atoms with Gasteiger partial charge in [-0.15, -0.1) is 0 Å². The van der Waals surface area contributed by atoms with E-state index in [1.807, 2.05) is 36.4 Å². The van der Waals surface area contributed by atoms with Gasteiger partial charge in [-0.2, -0.15) is 0 Å². The van der Waals surface area contributed by atoms with Gasteiger partial charge in [0.15, 0.2) is 17.5 Å². The van der Waals surface area contributed by atoms with Gasteiger partial charge in [0.1, 0.15) is 0 Å². The molecule has 20 rings (SSSR count). The van der Waals surface area contributed by atoms with Crippen LogP contribution in [0.3, 0.4) is 0 Å². The summed E-state index contributed by atoms with van der Waals surface area (Å²) in [6, 6.07) is 108. The molecule has 0 fully saturated rings. The fourth-order valence-corrected chi connectivity index (χ4v) is 16.6. The van der Waals surface area contributed by atoms with Gasteiger partial charge in [-0.1, -0.05) is 255 Å². The van der Waals surface area contributed by atoms with E-state index in [1.54, 1.807) is 0 Å². The molecule has 0 aliphatic heterocycles. The fraction of sp³-hybridized carbons (Fsp3) is 0.0241. The summed E-state index contributed by atoms with van der Waals surface area (Å²) < 4.78 is 2.52. The van der Waals surface area contributed by atoms with Crippen LogP contribution in [0.4, 0.5) is 0 Å². The third kappa shape index (κ3) is 6.11. The number of nitrogens with zero attached hydrogens (tertiary/aromatic N) is 4. The number of fused-ring (bicyclic) bond motifs is 28. The quantitative estimate of drug-likeness (QED) is 0.187. The molecule has 0 unspecified atom stereocenters. The smallest absolute Gasteiger partial charge is 0.164 e. The Kier molecular flexibility index (Phi) is 9.53. The predicted octanol–water partition coefficient (Wildman–Crippen LogP) is 20.0. The zero-order chi connectivity index (χ0) is 57.4. The Morgan fingerprint density at radius 3 is 1.24 bits per heavy atom. The van der Waals surface area contributed by atoms with Gasteiger partial charge in [-0.25, -0.2) is 15.0 Å². The maximum absolute atomic E-state index is 5.23. The van der Waals surface area contributed by atoms with Crippen LogP contribution in [0.15, 0.2) is 291 Å². The van der Waals surface area contributed by atoms with Crippen LogP contribution in [0.2, 0.25) is 0 Å². The second kappa shape index (κ2) is 17.5. The van der Waals surface area contributed by atoms with Gasteiger partial charge in [0.05, 0.1) is 27.4 Å². The second-order valence-electron chi connectivity index (χ2n) is 24.1. The summed E-state index contributed by atoms with van der Waals surface area (Å²) in [6.07, 6.45) is 0. The van der Waals surface area contributed by atoms with Gasteiger partial charge in [-0.05, 0) is 125 Å². The van der Waals surface area contributed by atoms with Crippen molar-refractivity contribution in [3.05, 3.63) is 336 Å². The fourth-order valence-electron chi connectivity index (χ4n) is 16.6. The maximum atomic E-state index is 5.23. The Bertz CT molecular complexity index is 5560. The number of nitrogens with one attached hydrogen (secondary N) is 1. The highest BCUT2D eigenvalue weighted by atomic mass is 15.0. The van der Waals surface area contributed by atoms with E-state index in [0.717, 1.165) is 44.5 Å². The number of aromatic amines is 1. The van der Waals surface area contributed by atoms with E-state index in [1.165, 1.54) is 122 Å². The molecule has 0 atom stereocenters. The SMILES string of the molecule is c1ccc(-c2nc(-c3ccccc3)nc(-c3cccc(-n4c5ccc(-c6ccc7[nH]c8c9c(ccc8c7c6)C6(c7ccccc7-c7ccccc76)c6ccccc6-9)cc5c5ccc6c(c54)-c4ccccc4C64c5ccccc5-c5ccccc54)c3)n2)cc1. The largest absolute Gasteiger partial charge is 0.354 e. The van der Waals surface area contributed by atoms with E-state index in [4.69, 9.17) is 15.0 Å². The Morgan fingerprint density at radius 1 is 0.273 bits per heavy atom. The molecule has 406 valence electrons. The van der Waals surface area contributed by atoms with Crippen molar-refractivity contribution < 1.29 is 0 Å². The van der Waals surface area contributed by atoms with E-state index < -0.39 is 10.8 Å². The van der Waals surface area contributed by atoms with Crippen molar-refractivity contribution in [3.63, 3.8) is 0 Å². The third-order valence-electron chi connectivity index (χ3n) is 20.0. The maximum Gasteiger partial charge on any atom is 0.164 e. The number of benzene rings is 13. The molecule has 3 heterocycles. The molecule has 4 aliphatic carbocycles. The average molecular weight is 1120 g/mol. The molecule has 0 radical (unpaired) electrons. The summed E-state index contributed by atoms with van der Waals surface area (Å²) in [5.41, 5.74) is 30.7. The summed E-state index contributed by atoms with van der Waals surface area (Å²) in [4.78, 5) is 19.5. The van der Waals surface area contributed by atoms with E-state index in [0.29, 0.717) is 17.5 Å². The topological polar surface area (TPSA) is 59.4 Å². The van der Waals surface area contributed by atoms with Crippen molar-refractivity contribution in [1.29, 1.82) is 0 Å². The molecule has 1 N–H and O–H groups in total. The van der Waals surface area contributed by atoms with Crippen LogP contribution in [-0.2, 0) is 10.8 Å². The Hall–Kier alpha value is -11.5. The molecular formula is C83H49N5. The van der Waals surface area contributed by atoms with Crippen molar-refractivity contribution in [1.82, 2.24) is 24.5 Å². The zero-order valence-corrected chi connectivity index (χ0v) is 47.5. The second-order valence-corrected chi connectivity index (χ2v) is 24.1. The summed E-state index contributed by atoms with van der Waals surface area (Å²) in [6.45, 7) is 0. The van der Waals surface area contributed by atoms with Gasteiger partial charge in [0.2, 0.25) is 0 Å². The van der Waals surface area contributed by atoms with Crippen LogP contribution in [0.5, 0.6) is 0 Å². The normalized spacial score (nSPS) is 13.9. The van der Waals surface area contributed by atoms with E-state index in [-0.39, 0.29) is 0 Å². The monoisotopic (exact) mass is 1120 g/mol. The number of hydrogen-bond donors (Lipinski definition) is 1. The summed E-state index contributed by atoms with van der Waals surface area (Å²) in [7, 11) is 0. The Balaban J connectivity index is 0.809. The Labute approximate surface area is 507 Å². The third-order valence-corrected chi connectivity index (χ3v) is 20.0. The first-order chi connectivity index (χ1) is 43.6. The zero-order valence-electron chi connectivity index (χ0n) is 47.5. The molecule has 13 aromatic carbocycles. The van der Waals surface area contributed by atoms with E-state index in [9.17, 15) is 0 Å². The number of hydrogen-bond acceptors (Lipinski definition) is 3. The molecule has 5 nitrogen and oxygen atoms in total. The van der Waals surface area contributed by atoms with Crippen molar-refractivity contribution in [2.45, 2.75) is 10.8 Å². The van der Waals surface area contributed by atoms with Gasteiger partial charge in [0, 0.05) is 60.6 Å². The van der Waals surface area contributed by atoms with Gasteiger partial charge >= 0.3 is 0 Å². The highest BCUT2D eigenvalue weighted by molar-refractivity contribution is 6.19. The average Bonchev–Trinajstić information content (AvgIpc) is 1.52. The molecule has 0 saturated carbocycles. The first kappa shape index (κ1) is 47.8. The van der Waals surface area contributed by atoms with Gasteiger partial charge in [0.25, 0.3) is 0 Å². The van der Waals surface area contributed by atoms with Crippen molar-refractivity contribution in [2.75, 3.05) is 0 Å². The lowest BCUT2D eigenvalue weighted by Gasteiger charge is -2.30. The van der Waals surface area contributed by atoms with E-state index in [2.05, 4.69) is 264 Å². The minimum absolute atomic E-state index is 0.412.